The first-order chi connectivity index (χ1) is 14.4. The number of thiophene rings is 1. The number of amides is 2. The zero-order chi connectivity index (χ0) is 21.3. The summed E-state index contributed by atoms with van der Waals surface area (Å²) in [5.74, 6) is -0.0944. The van der Waals surface area contributed by atoms with Crippen molar-refractivity contribution >= 4 is 34.5 Å². The summed E-state index contributed by atoms with van der Waals surface area (Å²) in [5, 5.41) is 12.0. The highest BCUT2D eigenvalue weighted by molar-refractivity contribution is 7.12. The summed E-state index contributed by atoms with van der Waals surface area (Å²) in [7, 11) is 0. The molecule has 0 fully saturated rings. The van der Waals surface area contributed by atoms with E-state index >= 15 is 0 Å². The average Bonchev–Trinajstić information content (AvgIpc) is 3.37. The third kappa shape index (κ3) is 3.81. The van der Waals surface area contributed by atoms with Crippen LogP contribution in [0.2, 0.25) is 0 Å². The van der Waals surface area contributed by atoms with E-state index in [2.05, 4.69) is 20.7 Å². The quantitative estimate of drug-likeness (QED) is 0.465. The first-order valence-electron chi connectivity index (χ1n) is 9.53. The predicted octanol–water partition coefficient (Wildman–Crippen LogP) is 4.53. The Bertz CT molecular complexity index is 1230. The van der Waals surface area contributed by atoms with Gasteiger partial charge in [-0.15, -0.1) is 11.3 Å². The van der Waals surface area contributed by atoms with Crippen molar-refractivity contribution in [1.82, 2.24) is 19.9 Å². The summed E-state index contributed by atoms with van der Waals surface area (Å²) in [6.07, 6.45) is 3.30. The molecule has 0 aliphatic carbocycles. The lowest BCUT2D eigenvalue weighted by Crippen LogP contribution is -2.34. The number of ketones is 1. The summed E-state index contributed by atoms with van der Waals surface area (Å²) in [5.41, 5.74) is 4.22. The van der Waals surface area contributed by atoms with Gasteiger partial charge >= 0.3 is 6.03 Å². The van der Waals surface area contributed by atoms with Crippen LogP contribution in [-0.2, 0) is 0 Å². The summed E-state index contributed by atoms with van der Waals surface area (Å²) < 4.78 is 1.68. The van der Waals surface area contributed by atoms with Gasteiger partial charge in [-0.25, -0.2) is 14.3 Å². The maximum atomic E-state index is 12.8. The lowest BCUT2D eigenvalue weighted by molar-refractivity contribution is 0.104. The van der Waals surface area contributed by atoms with Gasteiger partial charge in [-0.3, -0.25) is 4.79 Å². The Morgan fingerprint density at radius 1 is 1.13 bits per heavy atom. The van der Waals surface area contributed by atoms with Crippen LogP contribution in [0.1, 0.15) is 34.6 Å². The van der Waals surface area contributed by atoms with Crippen molar-refractivity contribution in [3.8, 4) is 11.3 Å². The van der Waals surface area contributed by atoms with Gasteiger partial charge in [0.2, 0.25) is 5.78 Å². The van der Waals surface area contributed by atoms with E-state index in [-0.39, 0.29) is 17.9 Å². The van der Waals surface area contributed by atoms with Crippen molar-refractivity contribution in [2.24, 2.45) is 0 Å². The highest BCUT2D eigenvalue weighted by Gasteiger charge is 2.20. The molecule has 2 amide bonds. The molecule has 1 aromatic carbocycles. The van der Waals surface area contributed by atoms with E-state index in [4.69, 9.17) is 0 Å². The molecule has 0 spiro atoms. The first-order valence-corrected chi connectivity index (χ1v) is 10.4. The van der Waals surface area contributed by atoms with Crippen molar-refractivity contribution in [3.63, 3.8) is 0 Å². The number of hydrogen-bond donors (Lipinski definition) is 2. The summed E-state index contributed by atoms with van der Waals surface area (Å²) in [6.45, 7) is 5.75. The lowest BCUT2D eigenvalue weighted by Gasteiger charge is -2.13. The Labute approximate surface area is 177 Å². The van der Waals surface area contributed by atoms with Crippen LogP contribution in [0.4, 0.5) is 10.5 Å². The maximum absolute atomic E-state index is 12.8. The molecule has 3 heterocycles. The van der Waals surface area contributed by atoms with Gasteiger partial charge in [-0.05, 0) is 49.9 Å². The van der Waals surface area contributed by atoms with E-state index in [1.54, 1.807) is 23.0 Å². The Morgan fingerprint density at radius 2 is 1.97 bits per heavy atom. The number of aromatic nitrogens is 3. The molecule has 4 aromatic rings. The fourth-order valence-electron chi connectivity index (χ4n) is 3.24. The molecule has 0 aliphatic rings. The zero-order valence-corrected chi connectivity index (χ0v) is 17.7. The van der Waals surface area contributed by atoms with Crippen molar-refractivity contribution < 1.29 is 9.59 Å². The number of hydrogen-bond acceptors (Lipinski definition) is 5. The van der Waals surface area contributed by atoms with Gasteiger partial charge in [0.1, 0.15) is 0 Å². The van der Waals surface area contributed by atoms with E-state index in [0.29, 0.717) is 21.8 Å². The highest BCUT2D eigenvalue weighted by Crippen LogP contribution is 2.28. The number of benzene rings is 1. The molecule has 30 heavy (non-hydrogen) atoms. The minimum Gasteiger partial charge on any atom is -0.336 e. The van der Waals surface area contributed by atoms with E-state index in [1.165, 1.54) is 11.3 Å². The minimum atomic E-state index is -0.262. The molecular weight excluding hydrogens is 398 g/mol. The molecule has 0 atom stereocenters. The Hall–Kier alpha value is -3.52. The molecule has 0 radical (unpaired) electrons. The predicted molar refractivity (Wildman–Crippen MR) is 118 cm³/mol. The van der Waals surface area contributed by atoms with Crippen molar-refractivity contribution in [1.29, 1.82) is 0 Å². The Balaban J connectivity index is 1.74. The van der Waals surface area contributed by atoms with Crippen LogP contribution >= 0.6 is 11.3 Å². The van der Waals surface area contributed by atoms with Crippen LogP contribution in [0.25, 0.3) is 16.9 Å². The van der Waals surface area contributed by atoms with Gasteiger partial charge < -0.3 is 10.6 Å². The average molecular weight is 420 g/mol. The zero-order valence-electron chi connectivity index (χ0n) is 16.8. The lowest BCUT2D eigenvalue weighted by atomic mass is 10.1. The summed E-state index contributed by atoms with van der Waals surface area (Å²) in [4.78, 5) is 30.0. The van der Waals surface area contributed by atoms with Gasteiger partial charge in [0.25, 0.3) is 0 Å². The van der Waals surface area contributed by atoms with Gasteiger partial charge in [0.15, 0.2) is 5.65 Å². The fraction of sp³-hybridized carbons (Fsp3) is 0.182. The van der Waals surface area contributed by atoms with Crippen molar-refractivity contribution in [2.75, 3.05) is 5.32 Å². The van der Waals surface area contributed by atoms with E-state index in [1.807, 2.05) is 56.5 Å². The van der Waals surface area contributed by atoms with Gasteiger partial charge in [0, 0.05) is 23.5 Å². The van der Waals surface area contributed by atoms with Crippen LogP contribution in [0, 0.1) is 6.92 Å². The van der Waals surface area contributed by atoms with Crippen LogP contribution in [0.5, 0.6) is 0 Å². The molecule has 152 valence electrons. The molecule has 4 rings (SSSR count). The minimum absolute atomic E-state index is 0.0404. The molecule has 0 aliphatic heterocycles. The van der Waals surface area contributed by atoms with Crippen molar-refractivity contribution in [3.05, 3.63) is 70.2 Å². The number of rotatable bonds is 5. The Kier molecular flexibility index (Phi) is 5.33. The van der Waals surface area contributed by atoms with Gasteiger partial charge in [-0.1, -0.05) is 18.2 Å². The molecule has 0 saturated heterocycles. The van der Waals surface area contributed by atoms with Gasteiger partial charge in [-0.2, -0.15) is 5.10 Å². The number of aryl methyl sites for hydroxylation is 1. The number of carbonyl (C=O) groups is 2. The molecule has 2 N–H and O–H groups in total. The summed E-state index contributed by atoms with van der Waals surface area (Å²) in [6, 6.07) is 10.9. The second-order valence-corrected chi connectivity index (χ2v) is 8.17. The van der Waals surface area contributed by atoms with Crippen LogP contribution in [0.15, 0.2) is 54.2 Å². The molecule has 0 unspecified atom stereocenters. The molecule has 0 saturated carbocycles. The topological polar surface area (TPSA) is 88.4 Å². The van der Waals surface area contributed by atoms with Crippen LogP contribution in [0.3, 0.4) is 0 Å². The van der Waals surface area contributed by atoms with Crippen molar-refractivity contribution in [2.45, 2.75) is 26.8 Å². The molecule has 3 aromatic heterocycles. The molecule has 8 heteroatoms. The van der Waals surface area contributed by atoms with Crippen LogP contribution in [-0.4, -0.2) is 32.5 Å². The fourth-order valence-corrected chi connectivity index (χ4v) is 3.92. The number of carbonyl (C=O) groups excluding carboxylic acids is 2. The molecule has 0 bridgehead atoms. The monoisotopic (exact) mass is 419 g/mol. The smallest absolute Gasteiger partial charge is 0.319 e. The number of nitrogens with zero attached hydrogens (tertiary/aromatic N) is 3. The maximum Gasteiger partial charge on any atom is 0.319 e. The largest absolute Gasteiger partial charge is 0.336 e. The number of nitrogens with one attached hydrogen (secondary N) is 2. The number of anilines is 1. The summed E-state index contributed by atoms with van der Waals surface area (Å²) >= 11 is 1.39. The van der Waals surface area contributed by atoms with E-state index in [0.717, 1.165) is 16.8 Å². The van der Waals surface area contributed by atoms with Gasteiger partial charge in [0.05, 0.1) is 22.3 Å². The van der Waals surface area contributed by atoms with E-state index < -0.39 is 0 Å². The molecule has 7 nitrogen and oxygen atoms in total. The standard InChI is InChI=1S/C22H21N5O2S/c1-13(2)25-22(29)26-16-7-4-6-15(10-16)19-14(3)11-23-21-17(12-24-27(19)21)20(28)18-8-5-9-30-18/h4-13H,1-3H3,(H2,25,26,29). The van der Waals surface area contributed by atoms with Crippen LogP contribution < -0.4 is 10.6 Å². The second-order valence-electron chi connectivity index (χ2n) is 7.22. The third-order valence-corrected chi connectivity index (χ3v) is 5.38. The first kappa shape index (κ1) is 19.8. The number of urea groups is 1. The SMILES string of the molecule is Cc1cnc2c(C(=O)c3cccs3)cnn2c1-c1cccc(NC(=O)NC(C)C)c1. The Morgan fingerprint density at radius 3 is 2.70 bits per heavy atom. The van der Waals surface area contributed by atoms with E-state index in [9.17, 15) is 9.59 Å². The molecular formula is C22H21N5O2S. The highest BCUT2D eigenvalue weighted by atomic mass is 32.1. The number of fused-ring (bicyclic) bond motifs is 1. The third-order valence-electron chi connectivity index (χ3n) is 4.51. The normalized spacial score (nSPS) is 11.1. The second kappa shape index (κ2) is 8.08.